The van der Waals surface area contributed by atoms with E-state index in [0.717, 1.165) is 16.9 Å². The summed E-state index contributed by atoms with van der Waals surface area (Å²) in [6.07, 6.45) is 4.06. The number of aromatic nitrogens is 1. The van der Waals surface area contributed by atoms with Gasteiger partial charge in [0.25, 0.3) is 0 Å². The molecule has 0 atom stereocenters. The Morgan fingerprint density at radius 2 is 2.05 bits per heavy atom. The van der Waals surface area contributed by atoms with Gasteiger partial charge >= 0.3 is 0 Å². The molecule has 2 aromatic rings. The Morgan fingerprint density at radius 1 is 1.21 bits per heavy atom. The Labute approximate surface area is 112 Å². The monoisotopic (exact) mass is 255 g/mol. The van der Waals surface area contributed by atoms with Crippen molar-refractivity contribution in [3.63, 3.8) is 0 Å². The number of amides is 1. The summed E-state index contributed by atoms with van der Waals surface area (Å²) in [4.78, 5) is 15.4. The summed E-state index contributed by atoms with van der Waals surface area (Å²) in [5.74, 6) is 0.0180. The Balaban J connectivity index is 1.97. The van der Waals surface area contributed by atoms with Gasteiger partial charge in [-0.05, 0) is 29.8 Å². The highest BCUT2D eigenvalue weighted by atomic mass is 16.1. The number of benzene rings is 1. The summed E-state index contributed by atoms with van der Waals surface area (Å²) in [5.41, 5.74) is 2.89. The fourth-order valence-corrected chi connectivity index (χ4v) is 1.66. The van der Waals surface area contributed by atoms with Crippen molar-refractivity contribution < 1.29 is 4.79 Å². The predicted molar refractivity (Wildman–Crippen MR) is 76.9 cm³/mol. The van der Waals surface area contributed by atoms with Gasteiger partial charge in [0.2, 0.25) is 5.91 Å². The van der Waals surface area contributed by atoms with Gasteiger partial charge in [-0.2, -0.15) is 0 Å². The van der Waals surface area contributed by atoms with E-state index in [1.165, 1.54) is 0 Å². The SMILES string of the molecule is CCC(=O)Nc1cccc(NCc2cccnc2)c1. The summed E-state index contributed by atoms with van der Waals surface area (Å²) >= 11 is 0. The molecule has 0 fully saturated rings. The smallest absolute Gasteiger partial charge is 0.224 e. The zero-order valence-corrected chi connectivity index (χ0v) is 10.9. The zero-order valence-electron chi connectivity index (χ0n) is 10.9. The van der Waals surface area contributed by atoms with Crippen LogP contribution in [-0.2, 0) is 11.3 Å². The predicted octanol–water partition coefficient (Wildman–Crippen LogP) is 3.04. The van der Waals surface area contributed by atoms with Crippen LogP contribution in [0.5, 0.6) is 0 Å². The van der Waals surface area contributed by atoms with Gasteiger partial charge in [-0.1, -0.05) is 19.1 Å². The van der Waals surface area contributed by atoms with Gasteiger partial charge in [0, 0.05) is 36.7 Å². The Morgan fingerprint density at radius 3 is 2.79 bits per heavy atom. The molecule has 0 unspecified atom stereocenters. The van der Waals surface area contributed by atoms with E-state index >= 15 is 0 Å². The Hall–Kier alpha value is -2.36. The molecule has 1 amide bonds. The molecule has 1 aromatic heterocycles. The number of hydrogen-bond acceptors (Lipinski definition) is 3. The number of carbonyl (C=O) groups is 1. The summed E-state index contributed by atoms with van der Waals surface area (Å²) < 4.78 is 0. The molecule has 0 aliphatic carbocycles. The number of carbonyl (C=O) groups excluding carboxylic acids is 1. The second-order valence-electron chi connectivity index (χ2n) is 4.20. The standard InChI is InChI=1S/C15H17N3O/c1-2-15(19)18-14-7-3-6-13(9-14)17-11-12-5-4-8-16-10-12/h3-10,17H,2,11H2,1H3,(H,18,19). The molecule has 1 aromatic carbocycles. The quantitative estimate of drug-likeness (QED) is 0.863. The van der Waals surface area contributed by atoms with E-state index < -0.39 is 0 Å². The third-order valence-electron chi connectivity index (χ3n) is 2.69. The van der Waals surface area contributed by atoms with Gasteiger partial charge in [-0.3, -0.25) is 9.78 Å². The lowest BCUT2D eigenvalue weighted by Crippen LogP contribution is -2.09. The summed E-state index contributed by atoms with van der Waals surface area (Å²) in [6, 6.07) is 11.6. The topological polar surface area (TPSA) is 54.0 Å². The van der Waals surface area contributed by atoms with Gasteiger partial charge in [-0.15, -0.1) is 0 Å². The molecule has 98 valence electrons. The lowest BCUT2D eigenvalue weighted by molar-refractivity contribution is -0.115. The number of hydrogen-bond donors (Lipinski definition) is 2. The van der Waals surface area contributed by atoms with E-state index in [1.807, 2.05) is 49.5 Å². The van der Waals surface area contributed by atoms with E-state index in [2.05, 4.69) is 15.6 Å². The molecule has 0 aliphatic heterocycles. The number of nitrogens with one attached hydrogen (secondary N) is 2. The third-order valence-corrected chi connectivity index (χ3v) is 2.69. The minimum atomic E-state index is 0.0180. The summed E-state index contributed by atoms with van der Waals surface area (Å²) in [7, 11) is 0. The van der Waals surface area contributed by atoms with Gasteiger partial charge in [-0.25, -0.2) is 0 Å². The van der Waals surface area contributed by atoms with Crippen molar-refractivity contribution in [2.75, 3.05) is 10.6 Å². The maximum Gasteiger partial charge on any atom is 0.224 e. The number of rotatable bonds is 5. The van der Waals surface area contributed by atoms with Crippen molar-refractivity contribution in [1.82, 2.24) is 4.98 Å². The van der Waals surface area contributed by atoms with Gasteiger partial charge in [0.15, 0.2) is 0 Å². The van der Waals surface area contributed by atoms with E-state index in [4.69, 9.17) is 0 Å². The fraction of sp³-hybridized carbons (Fsp3) is 0.200. The van der Waals surface area contributed by atoms with Crippen molar-refractivity contribution in [3.05, 3.63) is 54.4 Å². The zero-order chi connectivity index (χ0) is 13.5. The first-order chi connectivity index (χ1) is 9.28. The molecule has 0 aliphatic rings. The van der Waals surface area contributed by atoms with Crippen LogP contribution in [0.25, 0.3) is 0 Å². The summed E-state index contributed by atoms with van der Waals surface area (Å²) in [5, 5.41) is 6.14. The molecule has 19 heavy (non-hydrogen) atoms. The van der Waals surface area contributed by atoms with Crippen molar-refractivity contribution in [3.8, 4) is 0 Å². The van der Waals surface area contributed by atoms with E-state index in [9.17, 15) is 4.79 Å². The maximum atomic E-state index is 11.3. The van der Waals surface area contributed by atoms with Crippen molar-refractivity contribution >= 4 is 17.3 Å². The molecule has 2 N–H and O–H groups in total. The van der Waals surface area contributed by atoms with Gasteiger partial charge < -0.3 is 10.6 Å². The van der Waals surface area contributed by atoms with Crippen LogP contribution >= 0.6 is 0 Å². The molecule has 4 heteroatoms. The molecule has 2 rings (SSSR count). The Bertz CT molecular complexity index is 540. The van der Waals surface area contributed by atoms with Crippen LogP contribution in [0.1, 0.15) is 18.9 Å². The third kappa shape index (κ3) is 4.10. The normalized spacial score (nSPS) is 9.95. The highest BCUT2D eigenvalue weighted by molar-refractivity contribution is 5.90. The fourth-order valence-electron chi connectivity index (χ4n) is 1.66. The van der Waals surface area contributed by atoms with Crippen molar-refractivity contribution in [2.45, 2.75) is 19.9 Å². The molecule has 0 spiro atoms. The van der Waals surface area contributed by atoms with E-state index in [-0.39, 0.29) is 5.91 Å². The highest BCUT2D eigenvalue weighted by Crippen LogP contribution is 2.16. The number of anilines is 2. The molecule has 4 nitrogen and oxygen atoms in total. The lowest BCUT2D eigenvalue weighted by Gasteiger charge is -2.09. The van der Waals surface area contributed by atoms with Crippen LogP contribution in [0.3, 0.4) is 0 Å². The highest BCUT2D eigenvalue weighted by Gasteiger charge is 2.00. The average Bonchev–Trinajstić information content (AvgIpc) is 2.46. The van der Waals surface area contributed by atoms with Crippen LogP contribution < -0.4 is 10.6 Å². The van der Waals surface area contributed by atoms with Crippen LogP contribution in [0.4, 0.5) is 11.4 Å². The second-order valence-corrected chi connectivity index (χ2v) is 4.20. The lowest BCUT2D eigenvalue weighted by atomic mass is 10.2. The minimum absolute atomic E-state index is 0.0180. The molecule has 0 saturated heterocycles. The minimum Gasteiger partial charge on any atom is -0.381 e. The van der Waals surface area contributed by atoms with E-state index in [1.54, 1.807) is 6.20 Å². The van der Waals surface area contributed by atoms with Crippen LogP contribution in [0, 0.1) is 0 Å². The number of nitrogens with zero attached hydrogens (tertiary/aromatic N) is 1. The average molecular weight is 255 g/mol. The molecule has 0 radical (unpaired) electrons. The first-order valence-electron chi connectivity index (χ1n) is 6.30. The van der Waals surface area contributed by atoms with Crippen LogP contribution in [0.15, 0.2) is 48.8 Å². The second kappa shape index (κ2) is 6.54. The summed E-state index contributed by atoms with van der Waals surface area (Å²) in [6.45, 7) is 2.54. The molecular formula is C15H17N3O. The maximum absolute atomic E-state index is 11.3. The number of pyridine rings is 1. The van der Waals surface area contributed by atoms with Crippen molar-refractivity contribution in [2.24, 2.45) is 0 Å². The molecular weight excluding hydrogens is 238 g/mol. The van der Waals surface area contributed by atoms with Gasteiger partial charge in [0.05, 0.1) is 0 Å². The Kier molecular flexibility index (Phi) is 4.50. The van der Waals surface area contributed by atoms with Crippen LogP contribution in [-0.4, -0.2) is 10.9 Å². The molecule has 1 heterocycles. The largest absolute Gasteiger partial charge is 0.381 e. The van der Waals surface area contributed by atoms with Crippen LogP contribution in [0.2, 0.25) is 0 Å². The molecule has 0 bridgehead atoms. The molecule has 0 saturated carbocycles. The van der Waals surface area contributed by atoms with Gasteiger partial charge in [0.1, 0.15) is 0 Å². The first-order valence-corrected chi connectivity index (χ1v) is 6.30. The van der Waals surface area contributed by atoms with Crippen molar-refractivity contribution in [1.29, 1.82) is 0 Å². The first kappa shape index (κ1) is 13.1. The van der Waals surface area contributed by atoms with E-state index in [0.29, 0.717) is 13.0 Å².